The van der Waals surface area contributed by atoms with Gasteiger partial charge in [-0.2, -0.15) is 4.37 Å². The summed E-state index contributed by atoms with van der Waals surface area (Å²) < 4.78 is 9.50. The second-order valence-corrected chi connectivity index (χ2v) is 6.98. The number of hydrogen-bond acceptors (Lipinski definition) is 5. The Labute approximate surface area is 133 Å². The van der Waals surface area contributed by atoms with Crippen LogP contribution in [0.15, 0.2) is 18.2 Å². The van der Waals surface area contributed by atoms with Gasteiger partial charge in [0.05, 0.1) is 6.61 Å². The molecule has 6 heteroatoms. The maximum absolute atomic E-state index is 6.40. The lowest BCUT2D eigenvalue weighted by molar-refractivity contribution is 0.201. The number of nitrogens with zero attached hydrogens (tertiary/aromatic N) is 3. The first-order valence-electron chi connectivity index (χ1n) is 6.91. The van der Waals surface area contributed by atoms with Crippen molar-refractivity contribution in [2.45, 2.75) is 25.7 Å². The van der Waals surface area contributed by atoms with Gasteiger partial charge in [0.15, 0.2) is 0 Å². The number of fused-ring (bicyclic) bond motifs is 1. The van der Waals surface area contributed by atoms with Crippen LogP contribution in [0.2, 0.25) is 5.02 Å². The predicted octanol–water partition coefficient (Wildman–Crippen LogP) is 3.81. The molecule has 0 bridgehead atoms. The third-order valence-corrected chi connectivity index (χ3v) is 4.82. The summed E-state index contributed by atoms with van der Waals surface area (Å²) in [5.74, 6) is 0.838. The molecule has 3 rings (SSSR count). The third kappa shape index (κ3) is 2.65. The van der Waals surface area contributed by atoms with Crippen LogP contribution in [0.4, 0.5) is 10.8 Å². The lowest BCUT2D eigenvalue weighted by Gasteiger charge is -2.20. The average molecular weight is 324 g/mol. The molecule has 0 saturated heterocycles. The Kier molecular flexibility index (Phi) is 3.90. The molecule has 4 nitrogen and oxygen atoms in total. The molecule has 1 aliphatic rings. The first-order valence-corrected chi connectivity index (χ1v) is 8.06. The molecule has 0 fully saturated rings. The minimum atomic E-state index is 0.00599. The van der Waals surface area contributed by atoms with Gasteiger partial charge in [0, 0.05) is 53.3 Å². The van der Waals surface area contributed by atoms with Crippen LogP contribution >= 0.6 is 23.1 Å². The Bertz CT molecular complexity index is 656. The smallest absolute Gasteiger partial charge is 0.209 e. The summed E-state index contributed by atoms with van der Waals surface area (Å²) >= 11 is 7.84. The summed E-state index contributed by atoms with van der Waals surface area (Å²) in [7, 11) is 1.69. The number of aromatic nitrogens is 2. The standard InChI is InChI=1S/C15H18ClN3OS/c1-15(2)9-19(11-6-4-5-10(16)13(11)15)14-17-12(18-21-14)7-8-20-3/h4-6H,7-9H2,1-3H3. The Balaban J connectivity index is 1.95. The fraction of sp³-hybridized carbons (Fsp3) is 0.467. The van der Waals surface area contributed by atoms with Gasteiger partial charge in [-0.25, -0.2) is 4.98 Å². The van der Waals surface area contributed by atoms with Crippen molar-refractivity contribution in [3.63, 3.8) is 0 Å². The van der Waals surface area contributed by atoms with Gasteiger partial charge >= 0.3 is 0 Å². The summed E-state index contributed by atoms with van der Waals surface area (Å²) in [6.45, 7) is 5.93. The molecule has 2 aromatic rings. The summed E-state index contributed by atoms with van der Waals surface area (Å²) in [5.41, 5.74) is 2.34. The van der Waals surface area contributed by atoms with E-state index >= 15 is 0 Å². The summed E-state index contributed by atoms with van der Waals surface area (Å²) in [6, 6.07) is 6.05. The van der Waals surface area contributed by atoms with Crippen molar-refractivity contribution in [3.8, 4) is 0 Å². The number of rotatable bonds is 4. The first-order chi connectivity index (χ1) is 10.0. The van der Waals surface area contributed by atoms with Crippen LogP contribution in [0.3, 0.4) is 0 Å². The molecule has 0 amide bonds. The molecule has 0 saturated carbocycles. The maximum Gasteiger partial charge on any atom is 0.209 e. The van der Waals surface area contributed by atoms with Crippen LogP contribution in [0.25, 0.3) is 0 Å². The van der Waals surface area contributed by atoms with E-state index in [9.17, 15) is 0 Å². The van der Waals surface area contributed by atoms with Gasteiger partial charge < -0.3 is 9.64 Å². The van der Waals surface area contributed by atoms with Gasteiger partial charge in [-0.15, -0.1) is 0 Å². The molecule has 1 aromatic heterocycles. The fourth-order valence-electron chi connectivity index (χ4n) is 2.79. The van der Waals surface area contributed by atoms with Crippen LogP contribution in [-0.2, 0) is 16.6 Å². The van der Waals surface area contributed by atoms with Crippen molar-refractivity contribution in [2.75, 3.05) is 25.2 Å². The van der Waals surface area contributed by atoms with Gasteiger partial charge in [0.1, 0.15) is 5.82 Å². The molecule has 21 heavy (non-hydrogen) atoms. The second-order valence-electron chi connectivity index (χ2n) is 5.84. The number of methoxy groups -OCH3 is 1. The zero-order valence-electron chi connectivity index (χ0n) is 12.4. The summed E-state index contributed by atoms with van der Waals surface area (Å²) in [6.07, 6.45) is 0.743. The van der Waals surface area contributed by atoms with Crippen molar-refractivity contribution < 1.29 is 4.74 Å². The van der Waals surface area contributed by atoms with Crippen LogP contribution in [-0.4, -0.2) is 29.6 Å². The van der Waals surface area contributed by atoms with Crippen LogP contribution < -0.4 is 4.90 Å². The molecular formula is C15H18ClN3OS. The predicted molar refractivity (Wildman–Crippen MR) is 87.0 cm³/mol. The molecule has 1 aliphatic heterocycles. The van der Waals surface area contributed by atoms with Crippen molar-refractivity contribution in [2.24, 2.45) is 0 Å². The monoisotopic (exact) mass is 323 g/mol. The van der Waals surface area contributed by atoms with Crippen molar-refractivity contribution in [1.82, 2.24) is 9.36 Å². The summed E-state index contributed by atoms with van der Waals surface area (Å²) in [4.78, 5) is 6.85. The molecule has 0 radical (unpaired) electrons. The van der Waals surface area contributed by atoms with E-state index < -0.39 is 0 Å². The van der Waals surface area contributed by atoms with E-state index in [0.717, 1.165) is 34.6 Å². The van der Waals surface area contributed by atoms with Crippen LogP contribution in [0.1, 0.15) is 25.2 Å². The zero-order valence-corrected chi connectivity index (χ0v) is 14.0. The average Bonchev–Trinajstić information content (AvgIpc) is 3.00. The molecule has 0 N–H and O–H groups in total. The number of ether oxygens (including phenoxy) is 1. The van der Waals surface area contributed by atoms with Gasteiger partial charge in [0.2, 0.25) is 5.13 Å². The van der Waals surface area contributed by atoms with E-state index in [1.54, 1.807) is 7.11 Å². The molecule has 2 heterocycles. The highest BCUT2D eigenvalue weighted by atomic mass is 35.5. The minimum Gasteiger partial charge on any atom is -0.384 e. The fourth-order valence-corrected chi connectivity index (χ4v) is 3.94. The number of halogens is 1. The Morgan fingerprint density at radius 1 is 1.43 bits per heavy atom. The number of anilines is 2. The van der Waals surface area contributed by atoms with E-state index in [2.05, 4.69) is 34.2 Å². The molecule has 112 valence electrons. The first kappa shape index (κ1) is 14.8. The molecule has 1 aromatic carbocycles. The lowest BCUT2D eigenvalue weighted by Crippen LogP contribution is -2.25. The van der Waals surface area contributed by atoms with Crippen molar-refractivity contribution in [3.05, 3.63) is 34.6 Å². The van der Waals surface area contributed by atoms with Gasteiger partial charge in [0.25, 0.3) is 0 Å². The molecule has 0 spiro atoms. The minimum absolute atomic E-state index is 0.00599. The van der Waals surface area contributed by atoms with Crippen molar-refractivity contribution in [1.29, 1.82) is 0 Å². The van der Waals surface area contributed by atoms with Crippen LogP contribution in [0.5, 0.6) is 0 Å². The Hall–Kier alpha value is -1.17. The Morgan fingerprint density at radius 3 is 3.00 bits per heavy atom. The molecule has 0 unspecified atom stereocenters. The lowest BCUT2D eigenvalue weighted by atomic mass is 9.87. The third-order valence-electron chi connectivity index (χ3n) is 3.73. The van der Waals surface area contributed by atoms with Gasteiger partial charge in [-0.1, -0.05) is 31.5 Å². The summed E-state index contributed by atoms with van der Waals surface area (Å²) in [5, 5.41) is 1.75. The highest BCUT2D eigenvalue weighted by Gasteiger charge is 2.38. The quantitative estimate of drug-likeness (QED) is 0.857. The normalized spacial score (nSPS) is 16.3. The van der Waals surface area contributed by atoms with Crippen molar-refractivity contribution >= 4 is 34.0 Å². The largest absolute Gasteiger partial charge is 0.384 e. The molecular weight excluding hydrogens is 306 g/mol. The highest BCUT2D eigenvalue weighted by Crippen LogP contribution is 2.47. The van der Waals surface area contributed by atoms with Crippen LogP contribution in [0, 0.1) is 0 Å². The molecule has 0 aliphatic carbocycles. The van der Waals surface area contributed by atoms with E-state index in [1.165, 1.54) is 17.1 Å². The Morgan fingerprint density at radius 2 is 2.24 bits per heavy atom. The maximum atomic E-state index is 6.40. The second kappa shape index (κ2) is 5.55. The number of benzene rings is 1. The van der Waals surface area contributed by atoms with Gasteiger partial charge in [-0.3, -0.25) is 0 Å². The van der Waals surface area contributed by atoms with E-state index in [-0.39, 0.29) is 5.41 Å². The highest BCUT2D eigenvalue weighted by molar-refractivity contribution is 7.09. The van der Waals surface area contributed by atoms with E-state index in [4.69, 9.17) is 16.3 Å². The molecule has 0 atom stereocenters. The van der Waals surface area contributed by atoms with Gasteiger partial charge in [-0.05, 0) is 12.1 Å². The SMILES string of the molecule is COCCc1nsc(N2CC(C)(C)c3c(Cl)cccc32)n1. The van der Waals surface area contributed by atoms with E-state index in [0.29, 0.717) is 6.61 Å². The topological polar surface area (TPSA) is 38.2 Å². The van der Waals surface area contributed by atoms with E-state index in [1.807, 2.05) is 12.1 Å². The number of hydrogen-bond donors (Lipinski definition) is 0. The zero-order chi connectivity index (χ0) is 15.0.